The van der Waals surface area contributed by atoms with Gasteiger partial charge in [0.05, 0.1) is 0 Å². The molecule has 0 saturated carbocycles. The van der Waals surface area contributed by atoms with Crippen LogP contribution in [0.2, 0.25) is 0 Å². The van der Waals surface area contributed by atoms with Crippen molar-refractivity contribution in [3.63, 3.8) is 0 Å². The third-order valence-corrected chi connectivity index (χ3v) is 5.93. The molecule has 2 atom stereocenters. The SMILES string of the molecule is C[C@@H]1CCC[C@H](C)N(C(=O)c2ccc(SCc3cccnc3)cc2)C1. The van der Waals surface area contributed by atoms with Crippen molar-refractivity contribution in [3.8, 4) is 0 Å². The maximum atomic E-state index is 12.9. The summed E-state index contributed by atoms with van der Waals surface area (Å²) in [6.07, 6.45) is 7.23. The summed E-state index contributed by atoms with van der Waals surface area (Å²) in [7, 11) is 0. The van der Waals surface area contributed by atoms with E-state index in [-0.39, 0.29) is 5.91 Å². The minimum absolute atomic E-state index is 0.171. The number of amides is 1. The van der Waals surface area contributed by atoms with Crippen molar-refractivity contribution < 1.29 is 4.79 Å². The maximum absolute atomic E-state index is 12.9. The average molecular weight is 355 g/mol. The molecule has 0 unspecified atom stereocenters. The summed E-state index contributed by atoms with van der Waals surface area (Å²) in [6.45, 7) is 5.29. The van der Waals surface area contributed by atoms with Crippen LogP contribution in [0, 0.1) is 5.92 Å². The average Bonchev–Trinajstić information content (AvgIpc) is 2.81. The third kappa shape index (κ3) is 4.85. The first-order valence-electron chi connectivity index (χ1n) is 9.06. The molecule has 0 aliphatic carbocycles. The van der Waals surface area contributed by atoms with Crippen molar-refractivity contribution in [1.29, 1.82) is 0 Å². The normalized spacial score (nSPS) is 21.0. The third-order valence-electron chi connectivity index (χ3n) is 4.85. The molecule has 3 nitrogen and oxygen atoms in total. The second-order valence-corrected chi connectivity index (χ2v) is 8.07. The van der Waals surface area contributed by atoms with E-state index >= 15 is 0 Å². The molecular weight excluding hydrogens is 328 g/mol. The highest BCUT2D eigenvalue weighted by molar-refractivity contribution is 7.98. The lowest BCUT2D eigenvalue weighted by Gasteiger charge is -2.28. The van der Waals surface area contributed by atoms with Gasteiger partial charge < -0.3 is 4.90 Å². The topological polar surface area (TPSA) is 33.2 Å². The van der Waals surface area contributed by atoms with Crippen molar-refractivity contribution in [2.24, 2.45) is 5.92 Å². The highest BCUT2D eigenvalue weighted by Crippen LogP contribution is 2.25. The monoisotopic (exact) mass is 354 g/mol. The van der Waals surface area contributed by atoms with E-state index < -0.39 is 0 Å². The Hall–Kier alpha value is -1.81. The van der Waals surface area contributed by atoms with Crippen LogP contribution in [0.3, 0.4) is 0 Å². The molecule has 0 spiro atoms. The quantitative estimate of drug-likeness (QED) is 0.723. The molecule has 2 aromatic rings. The Bertz CT molecular complexity index is 687. The summed E-state index contributed by atoms with van der Waals surface area (Å²) in [5.74, 6) is 1.65. The second kappa shape index (κ2) is 8.52. The molecule has 2 heterocycles. The molecule has 1 aromatic heterocycles. The zero-order valence-electron chi connectivity index (χ0n) is 15.0. The lowest BCUT2D eigenvalue weighted by Crippen LogP contribution is -2.39. The predicted molar refractivity (Wildman–Crippen MR) is 104 cm³/mol. The first kappa shape index (κ1) is 18.0. The number of aromatic nitrogens is 1. The molecule has 25 heavy (non-hydrogen) atoms. The Morgan fingerprint density at radius 1 is 1.20 bits per heavy atom. The van der Waals surface area contributed by atoms with Gasteiger partial charge in [-0.3, -0.25) is 9.78 Å². The van der Waals surface area contributed by atoms with Crippen molar-refractivity contribution >= 4 is 17.7 Å². The van der Waals surface area contributed by atoms with Gasteiger partial charge in [0.2, 0.25) is 0 Å². The van der Waals surface area contributed by atoms with Gasteiger partial charge in [-0.05, 0) is 61.6 Å². The number of carbonyl (C=O) groups is 1. The fraction of sp³-hybridized carbons (Fsp3) is 0.429. The van der Waals surface area contributed by atoms with Crippen LogP contribution in [0.4, 0.5) is 0 Å². The summed E-state index contributed by atoms with van der Waals surface area (Å²) in [4.78, 5) is 20.3. The molecular formula is C21H26N2OS. The van der Waals surface area contributed by atoms with Crippen LogP contribution in [0.15, 0.2) is 53.7 Å². The number of carbonyl (C=O) groups excluding carboxylic acids is 1. The van der Waals surface area contributed by atoms with Gasteiger partial charge in [-0.25, -0.2) is 0 Å². The Morgan fingerprint density at radius 3 is 2.72 bits per heavy atom. The molecule has 1 aliphatic rings. The zero-order chi connectivity index (χ0) is 17.6. The summed E-state index contributed by atoms with van der Waals surface area (Å²) >= 11 is 1.77. The van der Waals surface area contributed by atoms with Crippen LogP contribution in [0.25, 0.3) is 0 Å². The highest BCUT2D eigenvalue weighted by atomic mass is 32.2. The fourth-order valence-electron chi connectivity index (χ4n) is 3.32. The molecule has 132 valence electrons. The number of benzene rings is 1. The van der Waals surface area contributed by atoms with E-state index in [2.05, 4.69) is 41.9 Å². The van der Waals surface area contributed by atoms with Crippen LogP contribution in [0.1, 0.15) is 49.0 Å². The summed E-state index contributed by atoms with van der Waals surface area (Å²) < 4.78 is 0. The van der Waals surface area contributed by atoms with E-state index in [1.807, 2.05) is 24.4 Å². The van der Waals surface area contributed by atoms with E-state index in [1.54, 1.807) is 18.0 Å². The minimum atomic E-state index is 0.171. The molecule has 0 N–H and O–H groups in total. The van der Waals surface area contributed by atoms with Gasteiger partial charge in [0.25, 0.3) is 5.91 Å². The number of hydrogen-bond donors (Lipinski definition) is 0. The molecule has 1 fully saturated rings. The van der Waals surface area contributed by atoms with Gasteiger partial charge in [0.15, 0.2) is 0 Å². The highest BCUT2D eigenvalue weighted by Gasteiger charge is 2.25. The minimum Gasteiger partial charge on any atom is -0.336 e. The molecule has 1 aromatic carbocycles. The lowest BCUT2D eigenvalue weighted by molar-refractivity contribution is 0.0677. The number of hydrogen-bond acceptors (Lipinski definition) is 3. The van der Waals surface area contributed by atoms with Crippen LogP contribution in [-0.2, 0) is 5.75 Å². The number of rotatable bonds is 4. The van der Waals surface area contributed by atoms with E-state index in [1.165, 1.54) is 23.3 Å². The Balaban J connectivity index is 1.63. The van der Waals surface area contributed by atoms with E-state index in [0.29, 0.717) is 12.0 Å². The van der Waals surface area contributed by atoms with Crippen molar-refractivity contribution in [3.05, 3.63) is 59.9 Å². The maximum Gasteiger partial charge on any atom is 0.254 e. The molecule has 0 radical (unpaired) electrons. The second-order valence-electron chi connectivity index (χ2n) is 7.02. The van der Waals surface area contributed by atoms with Crippen LogP contribution < -0.4 is 0 Å². The van der Waals surface area contributed by atoms with Gasteiger partial charge in [0.1, 0.15) is 0 Å². The van der Waals surface area contributed by atoms with E-state index in [0.717, 1.165) is 24.3 Å². The van der Waals surface area contributed by atoms with Crippen LogP contribution in [0.5, 0.6) is 0 Å². The molecule has 3 rings (SSSR count). The predicted octanol–water partition coefficient (Wildman–Crippen LogP) is 5.02. The number of nitrogens with zero attached hydrogens (tertiary/aromatic N) is 2. The van der Waals surface area contributed by atoms with Gasteiger partial charge in [0, 0.05) is 41.2 Å². The van der Waals surface area contributed by atoms with Crippen LogP contribution in [-0.4, -0.2) is 28.4 Å². The molecule has 1 amide bonds. The first-order valence-corrected chi connectivity index (χ1v) is 10.0. The summed E-state index contributed by atoms with van der Waals surface area (Å²) in [5, 5.41) is 0. The zero-order valence-corrected chi connectivity index (χ0v) is 15.8. The van der Waals surface area contributed by atoms with Crippen molar-refractivity contribution in [2.75, 3.05) is 6.54 Å². The Labute approximate surface area is 154 Å². The van der Waals surface area contributed by atoms with Crippen LogP contribution >= 0.6 is 11.8 Å². The lowest BCUT2D eigenvalue weighted by atomic mass is 10.1. The first-order chi connectivity index (χ1) is 12.1. The van der Waals surface area contributed by atoms with Crippen molar-refractivity contribution in [2.45, 2.75) is 49.8 Å². The van der Waals surface area contributed by atoms with E-state index in [9.17, 15) is 4.79 Å². The Morgan fingerprint density at radius 2 is 2.00 bits per heavy atom. The number of pyridine rings is 1. The Kier molecular flexibility index (Phi) is 6.14. The van der Waals surface area contributed by atoms with Gasteiger partial charge in [-0.2, -0.15) is 0 Å². The fourth-order valence-corrected chi connectivity index (χ4v) is 4.15. The molecule has 4 heteroatoms. The molecule has 0 bridgehead atoms. The summed E-state index contributed by atoms with van der Waals surface area (Å²) in [5.41, 5.74) is 2.01. The van der Waals surface area contributed by atoms with Gasteiger partial charge in [-0.15, -0.1) is 11.8 Å². The van der Waals surface area contributed by atoms with Crippen molar-refractivity contribution in [1.82, 2.24) is 9.88 Å². The molecule has 1 aliphatic heterocycles. The number of likely N-dealkylation sites (tertiary alicyclic amines) is 1. The molecule has 1 saturated heterocycles. The summed E-state index contributed by atoms with van der Waals surface area (Å²) in [6, 6.07) is 12.4. The standard InChI is InChI=1S/C21H26N2OS/c1-16-5-3-6-17(2)23(14-16)21(24)19-8-10-20(11-9-19)25-15-18-7-4-12-22-13-18/h4,7-13,16-17H,3,5-6,14-15H2,1-2H3/t16-,17+/m1/s1. The number of thioether (sulfide) groups is 1. The largest absolute Gasteiger partial charge is 0.336 e. The smallest absolute Gasteiger partial charge is 0.254 e. The van der Waals surface area contributed by atoms with E-state index in [4.69, 9.17) is 0 Å². The van der Waals surface area contributed by atoms with Gasteiger partial charge >= 0.3 is 0 Å². The van der Waals surface area contributed by atoms with Gasteiger partial charge in [-0.1, -0.05) is 19.4 Å².